The zero-order valence-electron chi connectivity index (χ0n) is 9.86. The number of rotatable bonds is 4. The molecule has 0 aliphatic heterocycles. The molecule has 0 unspecified atom stereocenters. The van der Waals surface area contributed by atoms with Gasteiger partial charge in [-0.2, -0.15) is 0 Å². The van der Waals surface area contributed by atoms with E-state index in [0.29, 0.717) is 5.56 Å². The van der Waals surface area contributed by atoms with Crippen LogP contribution in [0.1, 0.15) is 5.56 Å². The summed E-state index contributed by atoms with van der Waals surface area (Å²) in [4.78, 5) is 0. The molecule has 2 aromatic rings. The van der Waals surface area contributed by atoms with Crippen molar-refractivity contribution < 1.29 is 17.2 Å². The van der Waals surface area contributed by atoms with E-state index < -0.39 is 27.3 Å². The van der Waals surface area contributed by atoms with Crippen molar-refractivity contribution in [3.63, 3.8) is 0 Å². The largest absolute Gasteiger partial charge is 0.326 e. The van der Waals surface area contributed by atoms with Crippen LogP contribution in [-0.4, -0.2) is 8.42 Å². The van der Waals surface area contributed by atoms with Crippen LogP contribution in [0.25, 0.3) is 0 Å². The summed E-state index contributed by atoms with van der Waals surface area (Å²) in [6, 6.07) is 3.31. The Balaban J connectivity index is 2.38. The normalized spacial score (nSPS) is 11.6. The summed E-state index contributed by atoms with van der Waals surface area (Å²) in [7, 11) is -4.04. The summed E-state index contributed by atoms with van der Waals surface area (Å²) in [5, 5.41) is 1.57. The van der Waals surface area contributed by atoms with E-state index in [0.717, 1.165) is 23.5 Å². The van der Waals surface area contributed by atoms with Crippen molar-refractivity contribution in [2.75, 3.05) is 4.72 Å². The molecule has 0 fully saturated rings. The van der Waals surface area contributed by atoms with Gasteiger partial charge in [-0.1, -0.05) is 15.9 Å². The van der Waals surface area contributed by atoms with Gasteiger partial charge in [0, 0.05) is 11.0 Å². The van der Waals surface area contributed by atoms with Gasteiger partial charge in [0.15, 0.2) is 11.6 Å². The fraction of sp³-hybridized carbons (Fsp3) is 0.0909. The van der Waals surface area contributed by atoms with Crippen LogP contribution < -0.4 is 10.5 Å². The van der Waals surface area contributed by atoms with Crippen LogP contribution in [0.2, 0.25) is 0 Å². The maximum atomic E-state index is 13.6. The number of anilines is 1. The van der Waals surface area contributed by atoms with E-state index in [1.165, 1.54) is 6.07 Å². The van der Waals surface area contributed by atoms with Gasteiger partial charge in [-0.3, -0.25) is 4.72 Å². The van der Waals surface area contributed by atoms with E-state index in [4.69, 9.17) is 5.73 Å². The Morgan fingerprint density at radius 1 is 1.25 bits per heavy atom. The van der Waals surface area contributed by atoms with E-state index in [1.54, 1.807) is 5.38 Å². The second kappa shape index (κ2) is 5.76. The third kappa shape index (κ3) is 3.17. The average molecular weight is 383 g/mol. The Bertz CT molecular complexity index is 724. The molecule has 9 heteroatoms. The number of hydrogen-bond acceptors (Lipinski definition) is 4. The monoisotopic (exact) mass is 382 g/mol. The standard InChI is InChI=1S/C11H9BrF2N2O2S2/c12-7-2-8(13)11(9(14)3-7)16-20(17,18)10-1-6(4-15)5-19-10/h1-3,5,16H,4,15H2. The lowest BCUT2D eigenvalue weighted by Gasteiger charge is -2.08. The van der Waals surface area contributed by atoms with Crippen molar-refractivity contribution in [2.45, 2.75) is 10.8 Å². The lowest BCUT2D eigenvalue weighted by atomic mass is 10.3. The molecule has 1 aromatic heterocycles. The molecule has 2 rings (SSSR count). The van der Waals surface area contributed by atoms with Crippen LogP contribution in [-0.2, 0) is 16.6 Å². The van der Waals surface area contributed by atoms with Crippen LogP contribution in [0.4, 0.5) is 14.5 Å². The summed E-state index contributed by atoms with van der Waals surface area (Å²) in [6.07, 6.45) is 0. The zero-order chi connectivity index (χ0) is 14.9. The quantitative estimate of drug-likeness (QED) is 0.853. The summed E-state index contributed by atoms with van der Waals surface area (Å²) in [5.74, 6) is -2.01. The fourth-order valence-electron chi connectivity index (χ4n) is 1.43. The smallest absolute Gasteiger partial charge is 0.271 e. The van der Waals surface area contributed by atoms with Crippen LogP contribution in [0.3, 0.4) is 0 Å². The van der Waals surface area contributed by atoms with Gasteiger partial charge >= 0.3 is 0 Å². The SMILES string of the molecule is NCc1csc(S(=O)(=O)Nc2c(F)cc(Br)cc2F)c1. The van der Waals surface area contributed by atoms with Crippen LogP contribution in [0.5, 0.6) is 0 Å². The highest BCUT2D eigenvalue weighted by Crippen LogP contribution is 2.28. The Kier molecular flexibility index (Phi) is 4.43. The average Bonchev–Trinajstić information content (AvgIpc) is 2.83. The minimum Gasteiger partial charge on any atom is -0.326 e. The molecule has 1 heterocycles. The highest BCUT2D eigenvalue weighted by molar-refractivity contribution is 9.10. The van der Waals surface area contributed by atoms with Crippen molar-refractivity contribution in [3.05, 3.63) is 45.2 Å². The third-order valence-corrected chi connectivity index (χ3v) is 5.67. The Labute approximate surface area is 126 Å². The molecule has 0 amide bonds. The molecule has 3 N–H and O–H groups in total. The van der Waals surface area contributed by atoms with Crippen LogP contribution in [0, 0.1) is 11.6 Å². The molecule has 0 spiro atoms. The summed E-state index contributed by atoms with van der Waals surface area (Å²) in [5.41, 5.74) is 5.31. The molecular formula is C11H9BrF2N2O2S2. The van der Waals surface area contributed by atoms with Gasteiger partial charge in [0.25, 0.3) is 10.0 Å². The number of halogens is 3. The number of benzene rings is 1. The van der Waals surface area contributed by atoms with Crippen molar-refractivity contribution >= 4 is 43.0 Å². The summed E-state index contributed by atoms with van der Waals surface area (Å²) >= 11 is 3.85. The maximum absolute atomic E-state index is 13.6. The van der Waals surface area contributed by atoms with E-state index in [-0.39, 0.29) is 15.2 Å². The molecule has 4 nitrogen and oxygen atoms in total. The topological polar surface area (TPSA) is 72.2 Å². The Morgan fingerprint density at radius 2 is 1.85 bits per heavy atom. The lowest BCUT2D eigenvalue weighted by molar-refractivity contribution is 0.582. The Hall–Kier alpha value is -1.03. The van der Waals surface area contributed by atoms with Gasteiger partial charge in [0.1, 0.15) is 9.90 Å². The minimum absolute atomic E-state index is 0.0559. The number of nitrogens with one attached hydrogen (secondary N) is 1. The van der Waals surface area contributed by atoms with Crippen LogP contribution >= 0.6 is 27.3 Å². The number of nitrogens with two attached hydrogens (primary N) is 1. The van der Waals surface area contributed by atoms with E-state index in [9.17, 15) is 17.2 Å². The van der Waals surface area contributed by atoms with Gasteiger partial charge in [0.05, 0.1) is 0 Å². The predicted octanol–water partition coefficient (Wildman–Crippen LogP) is 3.05. The molecular weight excluding hydrogens is 374 g/mol. The summed E-state index contributed by atoms with van der Waals surface area (Å²) in [6.45, 7) is 0.188. The first kappa shape index (κ1) is 15.4. The lowest BCUT2D eigenvalue weighted by Crippen LogP contribution is -2.14. The second-order valence-electron chi connectivity index (χ2n) is 3.83. The number of sulfonamides is 1. The van der Waals surface area contributed by atoms with Gasteiger partial charge in [-0.05, 0) is 29.1 Å². The molecule has 108 valence electrons. The van der Waals surface area contributed by atoms with Crippen LogP contribution in [0.15, 0.2) is 32.3 Å². The molecule has 0 saturated carbocycles. The van der Waals surface area contributed by atoms with Crippen molar-refractivity contribution in [3.8, 4) is 0 Å². The predicted molar refractivity (Wildman–Crippen MR) is 77.1 cm³/mol. The molecule has 0 aliphatic carbocycles. The second-order valence-corrected chi connectivity index (χ2v) is 7.56. The first-order chi connectivity index (χ1) is 9.33. The number of thiophene rings is 1. The highest BCUT2D eigenvalue weighted by atomic mass is 79.9. The van der Waals surface area contributed by atoms with Crippen molar-refractivity contribution in [1.29, 1.82) is 0 Å². The minimum atomic E-state index is -4.04. The van der Waals surface area contributed by atoms with Gasteiger partial charge < -0.3 is 5.73 Å². The fourth-order valence-corrected chi connectivity index (χ4v) is 4.13. The first-order valence-corrected chi connectivity index (χ1v) is 8.44. The molecule has 0 radical (unpaired) electrons. The van der Waals surface area contributed by atoms with Gasteiger partial charge in [0.2, 0.25) is 0 Å². The molecule has 20 heavy (non-hydrogen) atoms. The molecule has 1 aromatic carbocycles. The van der Waals surface area contributed by atoms with Gasteiger partial charge in [-0.25, -0.2) is 17.2 Å². The molecule has 0 aliphatic rings. The maximum Gasteiger partial charge on any atom is 0.271 e. The zero-order valence-corrected chi connectivity index (χ0v) is 13.1. The van der Waals surface area contributed by atoms with E-state index in [1.807, 2.05) is 4.72 Å². The summed E-state index contributed by atoms with van der Waals surface area (Å²) < 4.78 is 53.3. The van der Waals surface area contributed by atoms with Crippen molar-refractivity contribution in [2.24, 2.45) is 5.73 Å². The molecule has 0 saturated heterocycles. The third-order valence-electron chi connectivity index (χ3n) is 2.37. The highest BCUT2D eigenvalue weighted by Gasteiger charge is 2.21. The van der Waals surface area contributed by atoms with E-state index >= 15 is 0 Å². The Morgan fingerprint density at radius 3 is 2.35 bits per heavy atom. The first-order valence-electron chi connectivity index (χ1n) is 5.28. The molecule has 0 bridgehead atoms. The van der Waals surface area contributed by atoms with Crippen molar-refractivity contribution in [1.82, 2.24) is 0 Å². The van der Waals surface area contributed by atoms with Gasteiger partial charge in [-0.15, -0.1) is 11.3 Å². The molecule has 0 atom stereocenters. The van der Waals surface area contributed by atoms with E-state index in [2.05, 4.69) is 15.9 Å². The number of hydrogen-bond donors (Lipinski definition) is 2.